The molecule has 0 aromatic rings. The molecule has 4 saturated carbocycles. The number of esters is 1. The maximum atomic E-state index is 14.1. The minimum Gasteiger partial charge on any atom is -0.481 e. The smallest absolute Gasteiger partial charge is 0.309 e. The number of piperazine rings is 1. The van der Waals surface area contributed by atoms with E-state index in [1.807, 2.05) is 0 Å². The molecule has 1 heterocycles. The van der Waals surface area contributed by atoms with Gasteiger partial charge in [0, 0.05) is 56.5 Å². The van der Waals surface area contributed by atoms with Gasteiger partial charge in [-0.05, 0) is 111 Å². The highest BCUT2D eigenvalue weighted by atomic mass is 16.5. The summed E-state index contributed by atoms with van der Waals surface area (Å²) in [6.45, 7) is 24.7. The van der Waals surface area contributed by atoms with E-state index in [2.05, 4.69) is 58.3 Å². The van der Waals surface area contributed by atoms with Crippen molar-refractivity contribution < 1.29 is 34.4 Å². The maximum absolute atomic E-state index is 14.1. The Morgan fingerprint density at radius 3 is 2.15 bits per heavy atom. The Kier molecular flexibility index (Phi) is 10.5. The zero-order valence-corrected chi connectivity index (χ0v) is 33.9. The topological polar surface area (TPSA) is 128 Å². The van der Waals surface area contributed by atoms with Crippen LogP contribution in [-0.2, 0) is 19.1 Å². The van der Waals surface area contributed by atoms with E-state index in [0.717, 1.165) is 83.1 Å². The lowest BCUT2D eigenvalue weighted by Crippen LogP contribution is -2.66. The van der Waals surface area contributed by atoms with Crippen LogP contribution in [0.3, 0.4) is 0 Å². The summed E-state index contributed by atoms with van der Waals surface area (Å²) in [6.07, 6.45) is 7.38. The molecule has 5 fully saturated rings. The van der Waals surface area contributed by atoms with Crippen LogP contribution in [0.25, 0.3) is 0 Å². The third-order valence-corrected chi connectivity index (χ3v) is 16.8. The molecule has 0 amide bonds. The summed E-state index contributed by atoms with van der Waals surface area (Å²) in [5.74, 6) is 0.111. The highest BCUT2D eigenvalue weighted by molar-refractivity contribution is 6.00. The molecule has 1 saturated heterocycles. The predicted octanol–water partition coefficient (Wildman–Crippen LogP) is 6.35. The second-order valence-corrected chi connectivity index (χ2v) is 20.4. The van der Waals surface area contributed by atoms with Crippen LogP contribution in [0.2, 0.25) is 0 Å². The largest absolute Gasteiger partial charge is 0.481 e. The monoisotopic (exact) mass is 727 g/mol. The molecule has 0 bridgehead atoms. The van der Waals surface area contributed by atoms with Crippen LogP contribution in [-0.4, -0.2) is 101 Å². The summed E-state index contributed by atoms with van der Waals surface area (Å²) in [5, 5.41) is 31.4. The van der Waals surface area contributed by atoms with Crippen LogP contribution >= 0.6 is 0 Å². The summed E-state index contributed by atoms with van der Waals surface area (Å²) in [4.78, 5) is 43.6. The van der Waals surface area contributed by atoms with Crippen molar-refractivity contribution in [3.05, 3.63) is 11.1 Å². The van der Waals surface area contributed by atoms with Gasteiger partial charge in [-0.15, -0.1) is 0 Å². The van der Waals surface area contributed by atoms with E-state index in [0.29, 0.717) is 31.3 Å². The third kappa shape index (κ3) is 6.14. The number of rotatable bonds is 10. The van der Waals surface area contributed by atoms with Crippen LogP contribution in [0, 0.1) is 56.2 Å². The van der Waals surface area contributed by atoms with Crippen LogP contribution < -0.4 is 0 Å². The fraction of sp³-hybridized carbons (Fsp3) is 0.884. The number of aliphatic hydroxyl groups is 2. The van der Waals surface area contributed by atoms with Gasteiger partial charge in [-0.25, -0.2) is 0 Å². The first kappa shape index (κ1) is 39.9. The minimum absolute atomic E-state index is 0.000990. The molecule has 0 aromatic carbocycles. The molecule has 9 nitrogen and oxygen atoms in total. The molecule has 0 radical (unpaired) electrons. The molecule has 5 aliphatic carbocycles. The van der Waals surface area contributed by atoms with Crippen molar-refractivity contribution in [2.45, 2.75) is 139 Å². The zero-order chi connectivity index (χ0) is 38.2. The first-order valence-electron chi connectivity index (χ1n) is 20.6. The minimum atomic E-state index is -1.16. The number of carboxylic acids is 1. The van der Waals surface area contributed by atoms with Gasteiger partial charge >= 0.3 is 11.9 Å². The molecule has 9 heteroatoms. The molecule has 52 heavy (non-hydrogen) atoms. The van der Waals surface area contributed by atoms with Crippen molar-refractivity contribution in [2.24, 2.45) is 56.2 Å². The van der Waals surface area contributed by atoms with Gasteiger partial charge in [-0.1, -0.05) is 54.0 Å². The van der Waals surface area contributed by atoms with E-state index < -0.39 is 28.9 Å². The first-order chi connectivity index (χ1) is 24.2. The molecule has 9 atom stereocenters. The molecule has 1 aliphatic heterocycles. The second-order valence-electron chi connectivity index (χ2n) is 20.4. The van der Waals surface area contributed by atoms with E-state index in [-0.39, 0.29) is 58.4 Å². The second kappa shape index (κ2) is 13.7. The average Bonchev–Trinajstić information content (AvgIpc) is 3.37. The number of hydrogen-bond donors (Lipinski definition) is 3. The number of aliphatic carboxylic acids is 1. The van der Waals surface area contributed by atoms with E-state index in [4.69, 9.17) is 4.74 Å². The maximum Gasteiger partial charge on any atom is 0.309 e. The molecular weight excluding hydrogens is 656 g/mol. The predicted molar refractivity (Wildman–Crippen MR) is 201 cm³/mol. The Labute approximate surface area is 313 Å². The van der Waals surface area contributed by atoms with E-state index in [9.17, 15) is 29.7 Å². The highest BCUT2D eigenvalue weighted by Gasteiger charge is 2.71. The Balaban J connectivity index is 1.26. The van der Waals surface area contributed by atoms with E-state index in [1.165, 1.54) is 5.57 Å². The standard InChI is InChI=1S/C43H70N2O7/c1-27(2)35-29(47)24-43(32(48)26-45-20-18-44(19-21-45)22-23-46)17-16-41(8)28(36(35)43)10-11-31-40(7)14-13-33(52-34(49)25-38(3,4)37(50)51)39(5,6)30(40)12-15-42(31,41)9/h27-28,30-33,46,48H,10-26H2,1-9H3,(H,50,51)/t28-,30+,31-,32-,33+,40+,41-,42-,43+/m1/s1. The van der Waals surface area contributed by atoms with Crippen molar-refractivity contribution in [1.29, 1.82) is 0 Å². The lowest BCUT2D eigenvalue weighted by molar-refractivity contribution is -0.235. The fourth-order valence-corrected chi connectivity index (χ4v) is 13.7. The van der Waals surface area contributed by atoms with Gasteiger partial charge in [-0.3, -0.25) is 24.2 Å². The molecule has 6 aliphatic rings. The third-order valence-electron chi connectivity index (χ3n) is 16.8. The van der Waals surface area contributed by atoms with Crippen molar-refractivity contribution in [3.63, 3.8) is 0 Å². The summed E-state index contributed by atoms with van der Waals surface area (Å²) in [6, 6.07) is 0. The van der Waals surface area contributed by atoms with Gasteiger partial charge in [0.15, 0.2) is 5.78 Å². The number of carbonyl (C=O) groups excluding carboxylic acids is 2. The number of β-amino-alcohol motifs (C(OH)–C–C–N with tert-alkyl or cyclic N) is 2. The van der Waals surface area contributed by atoms with Gasteiger partial charge in [0.2, 0.25) is 0 Å². The molecule has 0 spiro atoms. The SMILES string of the molecule is CC(C)C1=C2[C@H]3CC[C@@H]4[C@@]5(C)CC[C@H](OC(=O)CC(C)(C)C(=O)O)C(C)(C)[C@@H]5CC[C@@]4(C)[C@]3(C)CC[C@@]2([C@H](O)CN2CCN(CCO)CC2)CC1=O. The lowest BCUT2D eigenvalue weighted by Gasteiger charge is -2.72. The number of hydrogen-bond acceptors (Lipinski definition) is 8. The van der Waals surface area contributed by atoms with Crippen molar-refractivity contribution in [2.75, 3.05) is 45.9 Å². The quantitative estimate of drug-likeness (QED) is 0.221. The molecule has 3 N–H and O–H groups in total. The molecule has 6 rings (SSSR count). The lowest BCUT2D eigenvalue weighted by atomic mass is 9.33. The van der Waals surface area contributed by atoms with Gasteiger partial charge < -0.3 is 20.1 Å². The number of aliphatic hydroxyl groups excluding tert-OH is 2. The van der Waals surface area contributed by atoms with E-state index in [1.54, 1.807) is 13.8 Å². The Morgan fingerprint density at radius 1 is 0.885 bits per heavy atom. The zero-order valence-electron chi connectivity index (χ0n) is 33.9. The number of ether oxygens (including phenoxy) is 1. The number of fused-ring (bicyclic) bond motifs is 7. The van der Waals surface area contributed by atoms with Crippen LogP contribution in [0.15, 0.2) is 11.1 Å². The highest BCUT2D eigenvalue weighted by Crippen LogP contribution is 2.77. The Hall–Kier alpha value is -1.81. The van der Waals surface area contributed by atoms with Crippen molar-refractivity contribution >= 4 is 17.7 Å². The van der Waals surface area contributed by atoms with E-state index >= 15 is 0 Å². The Bertz CT molecular complexity index is 1450. The van der Waals surface area contributed by atoms with Crippen LogP contribution in [0.1, 0.15) is 127 Å². The van der Waals surface area contributed by atoms with Gasteiger partial charge in [0.05, 0.1) is 24.5 Å². The molecular formula is C43H70N2O7. The van der Waals surface area contributed by atoms with Gasteiger partial charge in [0.1, 0.15) is 6.10 Å². The van der Waals surface area contributed by atoms with Gasteiger partial charge in [-0.2, -0.15) is 0 Å². The number of Topliss-reactive ketones (excluding diaryl/α,β-unsaturated/α-hetero) is 1. The molecule has 0 unspecified atom stereocenters. The Morgan fingerprint density at radius 2 is 1.54 bits per heavy atom. The van der Waals surface area contributed by atoms with Gasteiger partial charge in [0.25, 0.3) is 0 Å². The van der Waals surface area contributed by atoms with Crippen LogP contribution in [0.4, 0.5) is 0 Å². The molecule has 0 aromatic heterocycles. The molecule has 294 valence electrons. The van der Waals surface area contributed by atoms with Crippen molar-refractivity contribution in [3.8, 4) is 0 Å². The summed E-state index contributed by atoms with van der Waals surface area (Å²) in [5.41, 5.74) is 0.567. The van der Waals surface area contributed by atoms with Crippen LogP contribution in [0.5, 0.6) is 0 Å². The first-order valence-corrected chi connectivity index (χ1v) is 20.6. The number of ketones is 1. The number of allylic oxidation sites excluding steroid dienone is 1. The number of carbonyl (C=O) groups is 3. The number of nitrogens with zero attached hydrogens (tertiary/aromatic N) is 2. The summed E-state index contributed by atoms with van der Waals surface area (Å²) in [7, 11) is 0. The van der Waals surface area contributed by atoms with Crippen molar-refractivity contribution in [1.82, 2.24) is 9.80 Å². The number of carboxylic acid groups (broad SMARTS) is 1. The fourth-order valence-electron chi connectivity index (χ4n) is 13.7. The summed E-state index contributed by atoms with van der Waals surface area (Å²) >= 11 is 0. The average molecular weight is 727 g/mol. The normalized spacial score (nSPS) is 40.1. The summed E-state index contributed by atoms with van der Waals surface area (Å²) < 4.78 is 6.17.